The third kappa shape index (κ3) is 4.08. The molecule has 0 aliphatic carbocycles. The van der Waals surface area contributed by atoms with Crippen LogP contribution < -0.4 is 4.72 Å². The van der Waals surface area contributed by atoms with Crippen LogP contribution in [0.2, 0.25) is 0 Å². The van der Waals surface area contributed by atoms with Crippen LogP contribution in [0, 0.1) is 5.82 Å². The Kier molecular flexibility index (Phi) is 5.19. The van der Waals surface area contributed by atoms with E-state index in [1.54, 1.807) is 23.1 Å². The molecule has 2 heterocycles. The molecule has 134 valence electrons. The summed E-state index contributed by atoms with van der Waals surface area (Å²) < 4.78 is 40.6. The molecule has 3 rings (SSSR count). The van der Waals surface area contributed by atoms with E-state index < -0.39 is 10.0 Å². The molecule has 1 fully saturated rings. The van der Waals surface area contributed by atoms with Crippen LogP contribution in [0.15, 0.2) is 41.4 Å². The van der Waals surface area contributed by atoms with Crippen LogP contribution in [0.5, 0.6) is 0 Å². The molecule has 1 aromatic heterocycles. The predicted molar refractivity (Wildman–Crippen MR) is 91.2 cm³/mol. The van der Waals surface area contributed by atoms with Crippen molar-refractivity contribution in [3.05, 3.63) is 53.6 Å². The van der Waals surface area contributed by atoms with Gasteiger partial charge in [-0.3, -0.25) is 4.79 Å². The Morgan fingerprint density at radius 2 is 1.96 bits per heavy atom. The highest BCUT2D eigenvalue weighted by molar-refractivity contribution is 7.89. The Morgan fingerprint density at radius 3 is 2.68 bits per heavy atom. The number of carbonyl (C=O) groups excluding carboxylic acids is 1. The first kappa shape index (κ1) is 17.6. The average Bonchev–Trinajstić information content (AvgIpc) is 3.28. The average molecular weight is 365 g/mol. The molecule has 25 heavy (non-hydrogen) atoms. The van der Waals surface area contributed by atoms with Crippen molar-refractivity contribution >= 4 is 15.9 Å². The number of rotatable bonds is 6. The fourth-order valence-corrected chi connectivity index (χ4v) is 3.87. The molecule has 1 aromatic carbocycles. The molecule has 0 atom stereocenters. The number of hydrogen-bond donors (Lipinski definition) is 2. The van der Waals surface area contributed by atoms with E-state index in [1.165, 1.54) is 18.3 Å². The third-order valence-electron chi connectivity index (χ3n) is 4.23. The molecule has 8 heteroatoms. The second-order valence-electron chi connectivity index (χ2n) is 5.99. The first-order chi connectivity index (χ1) is 12.0. The van der Waals surface area contributed by atoms with Crippen LogP contribution in [-0.4, -0.2) is 43.8 Å². The molecule has 2 aromatic rings. The molecule has 0 spiro atoms. The van der Waals surface area contributed by atoms with E-state index in [4.69, 9.17) is 0 Å². The fourth-order valence-electron chi connectivity index (χ4n) is 2.85. The van der Waals surface area contributed by atoms with E-state index >= 15 is 0 Å². The Morgan fingerprint density at radius 1 is 1.24 bits per heavy atom. The number of carbonyl (C=O) groups is 1. The number of amides is 1. The van der Waals surface area contributed by atoms with Crippen molar-refractivity contribution in [1.29, 1.82) is 0 Å². The Labute approximate surface area is 146 Å². The zero-order valence-corrected chi connectivity index (χ0v) is 14.5. The van der Waals surface area contributed by atoms with Gasteiger partial charge in [0.2, 0.25) is 10.0 Å². The zero-order valence-electron chi connectivity index (χ0n) is 13.7. The molecule has 0 saturated carbocycles. The third-order valence-corrected chi connectivity index (χ3v) is 5.68. The standard InChI is InChI=1S/C17H20FN3O3S/c18-15-6-2-1-5-13(15)7-8-20-25(23,24)14-11-16(19-12-14)17(22)21-9-3-4-10-21/h1-2,5-6,11-12,19-20H,3-4,7-10H2. The number of H-pyrrole nitrogens is 1. The van der Waals surface area contributed by atoms with E-state index in [2.05, 4.69) is 9.71 Å². The number of nitrogens with zero attached hydrogens (tertiary/aromatic N) is 1. The minimum Gasteiger partial charge on any atom is -0.356 e. The molecule has 6 nitrogen and oxygen atoms in total. The quantitative estimate of drug-likeness (QED) is 0.820. The van der Waals surface area contributed by atoms with Gasteiger partial charge in [0.15, 0.2) is 0 Å². The highest BCUT2D eigenvalue weighted by Gasteiger charge is 2.23. The molecular weight excluding hydrogens is 345 g/mol. The number of likely N-dealkylation sites (tertiary alicyclic amines) is 1. The Balaban J connectivity index is 1.62. The highest BCUT2D eigenvalue weighted by Crippen LogP contribution is 2.16. The second-order valence-corrected chi connectivity index (χ2v) is 7.75. The van der Waals surface area contributed by atoms with E-state index in [0.29, 0.717) is 18.7 Å². The first-order valence-electron chi connectivity index (χ1n) is 8.18. The van der Waals surface area contributed by atoms with Gasteiger partial charge < -0.3 is 9.88 Å². The van der Waals surface area contributed by atoms with Gasteiger partial charge >= 0.3 is 0 Å². The summed E-state index contributed by atoms with van der Waals surface area (Å²) in [7, 11) is -3.75. The molecule has 0 radical (unpaired) electrons. The fraction of sp³-hybridized carbons (Fsp3) is 0.353. The number of aromatic amines is 1. The van der Waals surface area contributed by atoms with Crippen molar-refractivity contribution in [2.24, 2.45) is 0 Å². The number of sulfonamides is 1. The lowest BCUT2D eigenvalue weighted by atomic mass is 10.1. The Bertz CT molecular complexity index is 858. The number of halogens is 1. The topological polar surface area (TPSA) is 82.3 Å². The van der Waals surface area contributed by atoms with Gasteiger partial charge in [0, 0.05) is 25.8 Å². The van der Waals surface area contributed by atoms with E-state index in [0.717, 1.165) is 12.8 Å². The maximum atomic E-state index is 13.5. The zero-order chi connectivity index (χ0) is 17.9. The van der Waals surface area contributed by atoms with Crippen LogP contribution in [0.25, 0.3) is 0 Å². The Hall–Kier alpha value is -2.19. The maximum Gasteiger partial charge on any atom is 0.270 e. The van der Waals surface area contributed by atoms with Crippen LogP contribution in [0.3, 0.4) is 0 Å². The van der Waals surface area contributed by atoms with E-state index in [1.807, 2.05) is 0 Å². The summed E-state index contributed by atoms with van der Waals surface area (Å²) in [5.41, 5.74) is 0.709. The van der Waals surface area contributed by atoms with Crippen LogP contribution in [-0.2, 0) is 16.4 Å². The van der Waals surface area contributed by atoms with Gasteiger partial charge in [-0.25, -0.2) is 17.5 Å². The van der Waals surface area contributed by atoms with Gasteiger partial charge in [-0.15, -0.1) is 0 Å². The lowest BCUT2D eigenvalue weighted by Crippen LogP contribution is -2.28. The van der Waals surface area contributed by atoms with Gasteiger partial charge in [0.1, 0.15) is 16.4 Å². The summed E-state index contributed by atoms with van der Waals surface area (Å²) in [6.07, 6.45) is 3.48. The van der Waals surface area contributed by atoms with Gasteiger partial charge in [0.25, 0.3) is 5.91 Å². The summed E-state index contributed by atoms with van der Waals surface area (Å²) in [6.45, 7) is 1.46. The molecule has 1 aliphatic heterocycles. The van der Waals surface area contributed by atoms with Gasteiger partial charge in [-0.1, -0.05) is 18.2 Å². The summed E-state index contributed by atoms with van der Waals surface area (Å²) in [5.74, 6) is -0.549. The van der Waals surface area contributed by atoms with Crippen molar-refractivity contribution in [3.8, 4) is 0 Å². The largest absolute Gasteiger partial charge is 0.356 e. The van der Waals surface area contributed by atoms with Gasteiger partial charge in [-0.05, 0) is 37.0 Å². The highest BCUT2D eigenvalue weighted by atomic mass is 32.2. The monoisotopic (exact) mass is 365 g/mol. The first-order valence-corrected chi connectivity index (χ1v) is 9.66. The maximum absolute atomic E-state index is 13.5. The minimum atomic E-state index is -3.75. The number of nitrogens with one attached hydrogen (secondary N) is 2. The normalized spacial score (nSPS) is 14.8. The minimum absolute atomic E-state index is 0.00332. The van der Waals surface area contributed by atoms with E-state index in [9.17, 15) is 17.6 Å². The lowest BCUT2D eigenvalue weighted by molar-refractivity contribution is 0.0787. The second kappa shape index (κ2) is 7.37. The number of aromatic nitrogens is 1. The summed E-state index contributed by atoms with van der Waals surface area (Å²) in [4.78, 5) is 16.7. The smallest absolute Gasteiger partial charge is 0.270 e. The summed E-state index contributed by atoms with van der Waals surface area (Å²) in [6, 6.07) is 7.59. The molecule has 1 saturated heterocycles. The molecule has 0 unspecified atom stereocenters. The van der Waals surface area contributed by atoms with Crippen LogP contribution >= 0.6 is 0 Å². The predicted octanol–water partition coefficient (Wildman–Crippen LogP) is 1.91. The van der Waals surface area contributed by atoms with Crippen molar-refractivity contribution in [3.63, 3.8) is 0 Å². The van der Waals surface area contributed by atoms with Gasteiger partial charge in [-0.2, -0.15) is 0 Å². The molecular formula is C17H20FN3O3S. The SMILES string of the molecule is O=C(c1cc(S(=O)(=O)NCCc2ccccc2F)c[nH]1)N1CCCC1. The van der Waals surface area contributed by atoms with Crippen LogP contribution in [0.4, 0.5) is 4.39 Å². The molecule has 2 N–H and O–H groups in total. The molecule has 1 aliphatic rings. The number of benzene rings is 1. The van der Waals surface area contributed by atoms with Crippen molar-refractivity contribution in [2.75, 3.05) is 19.6 Å². The van der Waals surface area contributed by atoms with E-state index in [-0.39, 0.29) is 35.3 Å². The lowest BCUT2D eigenvalue weighted by Gasteiger charge is -2.13. The molecule has 0 bridgehead atoms. The summed E-state index contributed by atoms with van der Waals surface area (Å²) >= 11 is 0. The van der Waals surface area contributed by atoms with Crippen molar-refractivity contribution in [1.82, 2.24) is 14.6 Å². The van der Waals surface area contributed by atoms with Gasteiger partial charge in [0.05, 0.1) is 0 Å². The van der Waals surface area contributed by atoms with Crippen molar-refractivity contribution in [2.45, 2.75) is 24.2 Å². The van der Waals surface area contributed by atoms with Crippen molar-refractivity contribution < 1.29 is 17.6 Å². The molecule has 1 amide bonds. The summed E-state index contributed by atoms with van der Waals surface area (Å²) in [5, 5.41) is 0. The number of hydrogen-bond acceptors (Lipinski definition) is 3. The van der Waals surface area contributed by atoms with Crippen LogP contribution in [0.1, 0.15) is 28.9 Å².